The zero-order valence-corrected chi connectivity index (χ0v) is 9.69. The van der Waals surface area contributed by atoms with E-state index in [1.165, 1.54) is 0 Å². The van der Waals surface area contributed by atoms with E-state index in [4.69, 9.17) is 5.53 Å². The highest BCUT2D eigenvalue weighted by Gasteiger charge is 2.19. The lowest BCUT2D eigenvalue weighted by molar-refractivity contribution is 0.0159. The molecule has 0 saturated heterocycles. The number of aromatic nitrogens is 1. The van der Waals surface area contributed by atoms with E-state index in [-0.39, 0.29) is 13.0 Å². The van der Waals surface area contributed by atoms with Crippen LogP contribution in [0.25, 0.3) is 21.3 Å². The molecule has 2 aromatic rings. The fourth-order valence-electron chi connectivity index (χ4n) is 1.97. The number of azide groups is 1. The number of benzene rings is 1. The summed E-state index contributed by atoms with van der Waals surface area (Å²) < 4.78 is 0. The third-order valence-electron chi connectivity index (χ3n) is 2.90. The summed E-state index contributed by atoms with van der Waals surface area (Å²) >= 11 is 0. The number of H-pyrrole nitrogens is 1. The first-order valence-corrected chi connectivity index (χ1v) is 5.67. The number of aliphatic hydroxyl groups is 2. The lowest BCUT2D eigenvalue weighted by Gasteiger charge is -2.18. The van der Waals surface area contributed by atoms with Crippen molar-refractivity contribution in [2.45, 2.75) is 18.6 Å². The Morgan fingerprint density at radius 3 is 2.94 bits per heavy atom. The molecule has 0 spiro atoms. The molecule has 0 fully saturated rings. The van der Waals surface area contributed by atoms with Gasteiger partial charge in [-0.05, 0) is 29.6 Å². The molecule has 3 N–H and O–H groups in total. The van der Waals surface area contributed by atoms with Crippen LogP contribution in [0.2, 0.25) is 0 Å². The Morgan fingerprint density at radius 2 is 2.17 bits per heavy atom. The van der Waals surface area contributed by atoms with Crippen molar-refractivity contribution in [2.75, 3.05) is 6.54 Å². The van der Waals surface area contributed by atoms with Gasteiger partial charge in [-0.3, -0.25) is 0 Å². The minimum absolute atomic E-state index is 0.165. The van der Waals surface area contributed by atoms with Crippen molar-refractivity contribution in [3.8, 4) is 0 Å². The van der Waals surface area contributed by atoms with Crippen molar-refractivity contribution < 1.29 is 10.2 Å². The first-order valence-electron chi connectivity index (χ1n) is 5.67. The fourth-order valence-corrected chi connectivity index (χ4v) is 1.97. The predicted molar refractivity (Wildman–Crippen MR) is 67.9 cm³/mol. The normalized spacial score (nSPS) is 14.1. The van der Waals surface area contributed by atoms with Gasteiger partial charge in [-0.15, -0.1) is 0 Å². The van der Waals surface area contributed by atoms with Crippen molar-refractivity contribution >= 4 is 10.9 Å². The number of aromatic amines is 1. The van der Waals surface area contributed by atoms with E-state index < -0.39 is 12.2 Å². The van der Waals surface area contributed by atoms with E-state index >= 15 is 0 Å². The average molecular weight is 246 g/mol. The SMILES string of the molecule is [N-]=[N+]=NCCC(O)C(O)c1cccc2[nH]ccc12. The van der Waals surface area contributed by atoms with Gasteiger partial charge in [0.05, 0.1) is 6.10 Å². The fraction of sp³-hybridized carbons (Fsp3) is 0.333. The Hall–Kier alpha value is -2.01. The zero-order valence-electron chi connectivity index (χ0n) is 9.69. The van der Waals surface area contributed by atoms with Crippen LogP contribution in [0.1, 0.15) is 18.1 Å². The zero-order chi connectivity index (χ0) is 13.0. The highest BCUT2D eigenvalue weighted by molar-refractivity contribution is 5.83. The molecular weight excluding hydrogens is 232 g/mol. The predicted octanol–water partition coefficient (Wildman–Crippen LogP) is 2.26. The molecule has 2 atom stereocenters. The second-order valence-electron chi connectivity index (χ2n) is 4.04. The standard InChI is InChI=1S/C12H14N4O2/c13-16-15-7-5-11(17)12(18)9-2-1-3-10-8(9)4-6-14-10/h1-4,6,11-12,14,17-18H,5,7H2. The molecule has 18 heavy (non-hydrogen) atoms. The van der Waals surface area contributed by atoms with Crippen LogP contribution >= 0.6 is 0 Å². The average Bonchev–Trinajstić information content (AvgIpc) is 2.86. The summed E-state index contributed by atoms with van der Waals surface area (Å²) in [4.78, 5) is 5.66. The van der Waals surface area contributed by atoms with Crippen molar-refractivity contribution in [3.05, 3.63) is 46.5 Å². The third kappa shape index (κ3) is 2.46. The van der Waals surface area contributed by atoms with Gasteiger partial charge < -0.3 is 15.2 Å². The Morgan fingerprint density at radius 1 is 1.33 bits per heavy atom. The lowest BCUT2D eigenvalue weighted by atomic mass is 9.99. The minimum atomic E-state index is -0.988. The molecule has 6 heteroatoms. The van der Waals surface area contributed by atoms with Gasteiger partial charge in [0.15, 0.2) is 0 Å². The highest BCUT2D eigenvalue weighted by atomic mass is 16.3. The molecule has 0 bridgehead atoms. The van der Waals surface area contributed by atoms with Gasteiger partial charge in [0.2, 0.25) is 0 Å². The van der Waals surface area contributed by atoms with Crippen LogP contribution in [0.4, 0.5) is 0 Å². The van der Waals surface area contributed by atoms with E-state index in [0.717, 1.165) is 10.9 Å². The molecule has 0 aliphatic carbocycles. The van der Waals surface area contributed by atoms with Gasteiger partial charge in [-0.2, -0.15) is 0 Å². The van der Waals surface area contributed by atoms with E-state index in [1.54, 1.807) is 12.3 Å². The van der Waals surface area contributed by atoms with Crippen LogP contribution < -0.4 is 0 Å². The van der Waals surface area contributed by atoms with Crippen molar-refractivity contribution in [1.82, 2.24) is 4.98 Å². The van der Waals surface area contributed by atoms with Crippen LogP contribution in [-0.4, -0.2) is 27.8 Å². The Bertz CT molecular complexity index is 574. The summed E-state index contributed by atoms with van der Waals surface area (Å²) in [7, 11) is 0. The summed E-state index contributed by atoms with van der Waals surface area (Å²) in [6.07, 6.45) is 0.0774. The van der Waals surface area contributed by atoms with E-state index in [9.17, 15) is 10.2 Å². The molecule has 94 valence electrons. The second-order valence-corrected chi connectivity index (χ2v) is 4.04. The maximum absolute atomic E-state index is 10.1. The topological polar surface area (TPSA) is 105 Å². The molecule has 1 aromatic heterocycles. The molecule has 2 unspecified atom stereocenters. The molecule has 0 aliphatic rings. The number of aliphatic hydroxyl groups excluding tert-OH is 2. The Balaban J connectivity index is 2.19. The molecule has 0 aliphatic heterocycles. The van der Waals surface area contributed by atoms with Crippen LogP contribution in [0.5, 0.6) is 0 Å². The van der Waals surface area contributed by atoms with E-state index in [0.29, 0.717) is 5.56 Å². The Labute approximate surface area is 104 Å². The smallest absolute Gasteiger partial charge is 0.105 e. The molecule has 0 amide bonds. The molecule has 0 saturated carbocycles. The summed E-state index contributed by atoms with van der Waals surface area (Å²) in [6.45, 7) is 0.165. The lowest BCUT2D eigenvalue weighted by Crippen LogP contribution is -2.19. The summed E-state index contributed by atoms with van der Waals surface area (Å²) in [6, 6.07) is 7.35. The first kappa shape index (κ1) is 12.4. The largest absolute Gasteiger partial charge is 0.390 e. The quantitative estimate of drug-likeness (QED) is 0.427. The maximum atomic E-state index is 10.1. The van der Waals surface area contributed by atoms with Crippen molar-refractivity contribution in [3.63, 3.8) is 0 Å². The third-order valence-corrected chi connectivity index (χ3v) is 2.90. The number of rotatable bonds is 5. The van der Waals surface area contributed by atoms with Crippen LogP contribution in [0.3, 0.4) is 0 Å². The van der Waals surface area contributed by atoms with Gasteiger partial charge >= 0.3 is 0 Å². The molecule has 6 nitrogen and oxygen atoms in total. The van der Waals surface area contributed by atoms with Crippen LogP contribution in [-0.2, 0) is 0 Å². The second kappa shape index (κ2) is 5.55. The maximum Gasteiger partial charge on any atom is 0.105 e. The van der Waals surface area contributed by atoms with Crippen molar-refractivity contribution in [2.24, 2.45) is 5.11 Å². The van der Waals surface area contributed by atoms with Gasteiger partial charge in [-0.1, -0.05) is 17.2 Å². The van der Waals surface area contributed by atoms with E-state index in [1.807, 2.05) is 18.2 Å². The van der Waals surface area contributed by atoms with Crippen LogP contribution in [0.15, 0.2) is 35.6 Å². The van der Waals surface area contributed by atoms with Gasteiger partial charge in [-0.25, -0.2) is 0 Å². The van der Waals surface area contributed by atoms with E-state index in [2.05, 4.69) is 15.0 Å². The summed E-state index contributed by atoms with van der Waals surface area (Å²) in [5, 5.41) is 24.2. The minimum Gasteiger partial charge on any atom is -0.390 e. The molecule has 2 rings (SSSR count). The molecular formula is C12H14N4O2. The number of fused-ring (bicyclic) bond motifs is 1. The van der Waals surface area contributed by atoms with Crippen LogP contribution in [0, 0.1) is 0 Å². The van der Waals surface area contributed by atoms with Gasteiger partial charge in [0, 0.05) is 28.6 Å². The molecule has 1 heterocycles. The summed E-state index contributed by atoms with van der Waals surface area (Å²) in [5.74, 6) is 0. The summed E-state index contributed by atoms with van der Waals surface area (Å²) in [5.41, 5.74) is 9.74. The monoisotopic (exact) mass is 246 g/mol. The number of hydrogen-bond donors (Lipinski definition) is 3. The number of nitrogens with one attached hydrogen (secondary N) is 1. The number of hydrogen-bond acceptors (Lipinski definition) is 3. The first-order chi connectivity index (χ1) is 8.74. The molecule has 1 aromatic carbocycles. The van der Waals surface area contributed by atoms with Gasteiger partial charge in [0.25, 0.3) is 0 Å². The number of nitrogens with zero attached hydrogens (tertiary/aromatic N) is 3. The molecule has 0 radical (unpaired) electrons. The highest BCUT2D eigenvalue weighted by Crippen LogP contribution is 2.26. The van der Waals surface area contributed by atoms with Crippen molar-refractivity contribution in [1.29, 1.82) is 0 Å². The Kier molecular flexibility index (Phi) is 3.84. The van der Waals surface area contributed by atoms with Gasteiger partial charge in [0.1, 0.15) is 6.10 Å².